The highest BCUT2D eigenvalue weighted by Gasteiger charge is 2.33. The van der Waals surface area contributed by atoms with Crippen LogP contribution in [0, 0.1) is 0 Å². The van der Waals surface area contributed by atoms with Gasteiger partial charge in [-0.15, -0.1) is 0 Å². The molecule has 0 saturated carbocycles. The normalized spacial score (nSPS) is 20.4. The molecule has 1 aromatic carbocycles. The van der Waals surface area contributed by atoms with Gasteiger partial charge in [0, 0.05) is 26.2 Å². The van der Waals surface area contributed by atoms with Crippen LogP contribution in [0.25, 0.3) is 0 Å². The van der Waals surface area contributed by atoms with Gasteiger partial charge in [0.15, 0.2) is 0 Å². The fourth-order valence-corrected chi connectivity index (χ4v) is 6.90. The lowest BCUT2D eigenvalue weighted by atomic mass is 10.2. The van der Waals surface area contributed by atoms with Gasteiger partial charge in [0.1, 0.15) is 0 Å². The topological polar surface area (TPSA) is 112 Å². The minimum Gasteiger partial charge on any atom is -0.478 e. The number of carboxylic acids is 1. The molecule has 0 spiro atoms. The van der Waals surface area contributed by atoms with Crippen LogP contribution < -0.4 is 0 Å². The van der Waals surface area contributed by atoms with Crippen molar-refractivity contribution in [1.29, 1.82) is 0 Å². The number of benzene rings is 1. The van der Waals surface area contributed by atoms with Crippen molar-refractivity contribution in [3.8, 4) is 0 Å². The van der Waals surface area contributed by atoms with Crippen LogP contribution in [0.3, 0.4) is 0 Å². The van der Waals surface area contributed by atoms with Crippen molar-refractivity contribution in [2.24, 2.45) is 0 Å². The molecule has 0 aliphatic carbocycles. The standard InChI is InChI=1S/C17H24N2O6S2/c20-17(21)15-8-7-14(26(22,23)18-9-3-1-4-10-18)13-16(15)27(24,25)19-11-5-2-6-12-19/h7-8,13H,1-6,9-12H2,(H,20,21). The minimum atomic E-state index is -4.08. The van der Waals surface area contributed by atoms with Gasteiger partial charge < -0.3 is 5.11 Å². The number of carbonyl (C=O) groups is 1. The molecule has 8 nitrogen and oxygen atoms in total. The van der Waals surface area contributed by atoms with Crippen LogP contribution >= 0.6 is 0 Å². The van der Waals surface area contributed by atoms with Crippen LogP contribution in [-0.4, -0.2) is 62.7 Å². The third kappa shape index (κ3) is 4.03. The summed E-state index contributed by atoms with van der Waals surface area (Å²) in [6, 6.07) is 3.27. The van der Waals surface area contributed by atoms with Crippen molar-refractivity contribution < 1.29 is 26.7 Å². The number of piperidine rings is 2. The van der Waals surface area contributed by atoms with Crippen LogP contribution in [0.2, 0.25) is 0 Å². The van der Waals surface area contributed by atoms with Crippen LogP contribution in [0.1, 0.15) is 48.9 Å². The van der Waals surface area contributed by atoms with Gasteiger partial charge in [-0.1, -0.05) is 12.8 Å². The molecule has 1 aromatic rings. The van der Waals surface area contributed by atoms with Gasteiger partial charge in [-0.05, 0) is 43.9 Å². The molecule has 2 aliphatic heterocycles. The molecule has 0 radical (unpaired) electrons. The molecule has 2 fully saturated rings. The Kier molecular flexibility index (Phi) is 5.90. The first-order valence-corrected chi connectivity index (χ1v) is 12.0. The lowest BCUT2D eigenvalue weighted by molar-refractivity contribution is 0.0692. The molecule has 10 heteroatoms. The van der Waals surface area contributed by atoms with Crippen molar-refractivity contribution >= 4 is 26.0 Å². The molecule has 0 amide bonds. The van der Waals surface area contributed by atoms with E-state index < -0.39 is 36.5 Å². The number of hydrogen-bond donors (Lipinski definition) is 1. The Hall–Kier alpha value is -1.49. The van der Waals surface area contributed by atoms with E-state index in [4.69, 9.17) is 0 Å². The van der Waals surface area contributed by atoms with E-state index in [0.717, 1.165) is 37.8 Å². The van der Waals surface area contributed by atoms with Crippen LogP contribution in [0.4, 0.5) is 0 Å². The smallest absolute Gasteiger partial charge is 0.337 e. The largest absolute Gasteiger partial charge is 0.478 e. The van der Waals surface area contributed by atoms with E-state index >= 15 is 0 Å². The predicted octanol–water partition coefficient (Wildman–Crippen LogP) is 1.73. The summed E-state index contributed by atoms with van der Waals surface area (Å²) in [6.45, 7) is 1.39. The van der Waals surface area contributed by atoms with Crippen LogP contribution in [0.15, 0.2) is 28.0 Å². The molecule has 3 rings (SSSR count). The number of rotatable bonds is 5. The molecule has 0 bridgehead atoms. The lowest BCUT2D eigenvalue weighted by Crippen LogP contribution is -2.37. The van der Waals surface area contributed by atoms with Gasteiger partial charge in [0.2, 0.25) is 20.0 Å². The maximum absolute atomic E-state index is 13.0. The highest BCUT2D eigenvalue weighted by atomic mass is 32.2. The summed E-state index contributed by atoms with van der Waals surface area (Å²) in [5.41, 5.74) is -0.404. The molecule has 2 aliphatic rings. The predicted molar refractivity (Wildman–Crippen MR) is 98.6 cm³/mol. The van der Waals surface area contributed by atoms with Crippen molar-refractivity contribution in [1.82, 2.24) is 8.61 Å². The van der Waals surface area contributed by atoms with E-state index in [1.807, 2.05) is 0 Å². The zero-order valence-corrected chi connectivity index (χ0v) is 16.6. The summed E-state index contributed by atoms with van der Waals surface area (Å²) in [5, 5.41) is 9.43. The summed E-state index contributed by atoms with van der Waals surface area (Å²) < 4.78 is 54.4. The Morgan fingerprint density at radius 2 is 1.26 bits per heavy atom. The molecule has 27 heavy (non-hydrogen) atoms. The van der Waals surface area contributed by atoms with Crippen molar-refractivity contribution in [3.63, 3.8) is 0 Å². The van der Waals surface area contributed by atoms with E-state index in [1.54, 1.807) is 0 Å². The number of hydrogen-bond acceptors (Lipinski definition) is 5. The van der Waals surface area contributed by atoms with E-state index in [1.165, 1.54) is 14.7 Å². The molecule has 0 atom stereocenters. The van der Waals surface area contributed by atoms with E-state index in [-0.39, 0.29) is 4.90 Å². The summed E-state index contributed by atoms with van der Waals surface area (Å²) in [4.78, 5) is 10.9. The first-order chi connectivity index (χ1) is 12.7. The number of aromatic carboxylic acids is 1. The van der Waals surface area contributed by atoms with Gasteiger partial charge in [-0.25, -0.2) is 21.6 Å². The van der Waals surface area contributed by atoms with E-state index in [2.05, 4.69) is 0 Å². The Balaban J connectivity index is 2.07. The first-order valence-electron chi connectivity index (χ1n) is 9.12. The fourth-order valence-electron chi connectivity index (χ4n) is 3.55. The van der Waals surface area contributed by atoms with E-state index in [0.29, 0.717) is 39.0 Å². The minimum absolute atomic E-state index is 0.176. The maximum atomic E-state index is 13.0. The molecule has 0 aromatic heterocycles. The van der Waals surface area contributed by atoms with Crippen LogP contribution in [0.5, 0.6) is 0 Å². The first kappa shape index (κ1) is 20.2. The molecule has 2 heterocycles. The van der Waals surface area contributed by atoms with Gasteiger partial charge in [0.05, 0.1) is 15.4 Å². The number of sulfonamides is 2. The highest BCUT2D eigenvalue weighted by molar-refractivity contribution is 7.90. The average Bonchev–Trinajstić information content (AvgIpc) is 2.68. The molecule has 0 unspecified atom stereocenters. The molecule has 1 N–H and O–H groups in total. The van der Waals surface area contributed by atoms with Crippen molar-refractivity contribution in [2.45, 2.75) is 48.3 Å². The summed E-state index contributed by atoms with van der Waals surface area (Å²) in [6.07, 6.45) is 4.79. The lowest BCUT2D eigenvalue weighted by Gasteiger charge is -2.28. The SMILES string of the molecule is O=C(O)c1ccc(S(=O)(=O)N2CCCCC2)cc1S(=O)(=O)N1CCCCC1. The fraction of sp³-hybridized carbons (Fsp3) is 0.588. The van der Waals surface area contributed by atoms with Gasteiger partial charge in [0.25, 0.3) is 0 Å². The monoisotopic (exact) mass is 416 g/mol. The zero-order valence-electron chi connectivity index (χ0n) is 15.0. The summed E-state index contributed by atoms with van der Waals surface area (Å²) in [7, 11) is -7.94. The maximum Gasteiger partial charge on any atom is 0.337 e. The quantitative estimate of drug-likeness (QED) is 0.782. The zero-order chi connectivity index (χ0) is 19.7. The summed E-state index contributed by atoms with van der Waals surface area (Å²) in [5.74, 6) is -1.40. The second-order valence-electron chi connectivity index (χ2n) is 6.89. The average molecular weight is 417 g/mol. The Morgan fingerprint density at radius 1 is 0.778 bits per heavy atom. The van der Waals surface area contributed by atoms with Crippen molar-refractivity contribution in [2.75, 3.05) is 26.2 Å². The second kappa shape index (κ2) is 7.86. The van der Waals surface area contributed by atoms with Gasteiger partial charge in [-0.3, -0.25) is 0 Å². The van der Waals surface area contributed by atoms with Crippen molar-refractivity contribution in [3.05, 3.63) is 23.8 Å². The third-order valence-corrected chi connectivity index (χ3v) is 8.90. The second-order valence-corrected chi connectivity index (χ2v) is 10.7. The third-order valence-electron chi connectivity index (χ3n) is 5.07. The number of carboxylic acid groups (broad SMARTS) is 1. The Bertz CT molecular complexity index is 915. The summed E-state index contributed by atoms with van der Waals surface area (Å²) >= 11 is 0. The Morgan fingerprint density at radius 3 is 1.74 bits per heavy atom. The molecular formula is C17H24N2O6S2. The van der Waals surface area contributed by atoms with Gasteiger partial charge >= 0.3 is 5.97 Å². The molecule has 2 saturated heterocycles. The molecular weight excluding hydrogens is 392 g/mol. The Labute approximate surface area is 159 Å². The number of nitrogens with zero attached hydrogens (tertiary/aromatic N) is 2. The van der Waals surface area contributed by atoms with E-state index in [9.17, 15) is 26.7 Å². The van der Waals surface area contributed by atoms with Gasteiger partial charge in [-0.2, -0.15) is 8.61 Å². The van der Waals surface area contributed by atoms with Crippen LogP contribution in [-0.2, 0) is 20.0 Å². The molecule has 150 valence electrons. The highest BCUT2D eigenvalue weighted by Crippen LogP contribution is 2.28.